The van der Waals surface area contributed by atoms with Crippen LogP contribution in [0.15, 0.2) is 48.8 Å². The van der Waals surface area contributed by atoms with Gasteiger partial charge in [-0.15, -0.1) is 0 Å². The zero-order valence-corrected chi connectivity index (χ0v) is 11.0. The van der Waals surface area contributed by atoms with Crippen molar-refractivity contribution < 1.29 is 0 Å². The Morgan fingerprint density at radius 1 is 1.16 bits per heavy atom. The second kappa shape index (κ2) is 4.76. The number of pyridine rings is 1. The van der Waals surface area contributed by atoms with Crippen LogP contribution < -0.4 is 5.73 Å². The lowest BCUT2D eigenvalue weighted by Gasteiger charge is -2.05. The highest BCUT2D eigenvalue weighted by Gasteiger charge is 2.05. The number of hydrogen-bond acceptors (Lipinski definition) is 2. The second-order valence-corrected chi connectivity index (χ2v) is 4.87. The third kappa shape index (κ3) is 2.32. The van der Waals surface area contributed by atoms with Gasteiger partial charge < -0.3 is 10.3 Å². The summed E-state index contributed by atoms with van der Waals surface area (Å²) in [5, 5.41) is 1.24. The summed E-state index contributed by atoms with van der Waals surface area (Å²) < 4.78 is 2.22. The summed E-state index contributed by atoms with van der Waals surface area (Å²) in [5.74, 6) is 0. The number of anilines is 1. The fourth-order valence-corrected chi connectivity index (χ4v) is 2.40. The van der Waals surface area contributed by atoms with Gasteiger partial charge >= 0.3 is 0 Å². The molecule has 0 saturated carbocycles. The van der Waals surface area contributed by atoms with E-state index >= 15 is 0 Å². The lowest BCUT2D eigenvalue weighted by atomic mass is 10.1. The summed E-state index contributed by atoms with van der Waals surface area (Å²) in [6.45, 7) is 3.06. The van der Waals surface area contributed by atoms with Crippen LogP contribution in [0.25, 0.3) is 11.0 Å². The van der Waals surface area contributed by atoms with Gasteiger partial charge in [0.1, 0.15) is 5.65 Å². The van der Waals surface area contributed by atoms with Crippen molar-refractivity contribution in [2.24, 2.45) is 0 Å². The fourth-order valence-electron chi connectivity index (χ4n) is 2.40. The molecule has 0 fully saturated rings. The summed E-state index contributed by atoms with van der Waals surface area (Å²) in [5.41, 5.74) is 10.1. The molecule has 0 amide bonds. The van der Waals surface area contributed by atoms with E-state index in [1.807, 2.05) is 24.4 Å². The lowest BCUT2D eigenvalue weighted by Crippen LogP contribution is -2.01. The van der Waals surface area contributed by atoms with Gasteiger partial charge in [-0.25, -0.2) is 4.98 Å². The summed E-state index contributed by atoms with van der Waals surface area (Å²) in [7, 11) is 0. The SMILES string of the molecule is Cc1cn(CCc2ccc(N)cc2)c2ncccc12. The van der Waals surface area contributed by atoms with Crippen LogP contribution in [0.5, 0.6) is 0 Å². The van der Waals surface area contributed by atoms with E-state index < -0.39 is 0 Å². The molecule has 0 bridgehead atoms. The average Bonchev–Trinajstić information content (AvgIpc) is 2.76. The van der Waals surface area contributed by atoms with Crippen molar-refractivity contribution in [3.8, 4) is 0 Å². The largest absolute Gasteiger partial charge is 0.399 e. The van der Waals surface area contributed by atoms with E-state index in [-0.39, 0.29) is 0 Å². The monoisotopic (exact) mass is 251 g/mol. The molecule has 0 aliphatic heterocycles. The summed E-state index contributed by atoms with van der Waals surface area (Å²) in [6.07, 6.45) is 5.01. The van der Waals surface area contributed by atoms with E-state index in [1.54, 1.807) is 0 Å². The zero-order valence-electron chi connectivity index (χ0n) is 11.0. The Hall–Kier alpha value is -2.29. The maximum Gasteiger partial charge on any atom is 0.140 e. The van der Waals surface area contributed by atoms with Crippen molar-refractivity contribution >= 4 is 16.7 Å². The van der Waals surface area contributed by atoms with Gasteiger partial charge in [0.25, 0.3) is 0 Å². The van der Waals surface area contributed by atoms with E-state index in [0.717, 1.165) is 24.3 Å². The minimum Gasteiger partial charge on any atom is -0.399 e. The number of aryl methyl sites for hydroxylation is 3. The molecule has 3 aromatic rings. The molecule has 0 aliphatic rings. The first-order valence-corrected chi connectivity index (χ1v) is 6.49. The second-order valence-electron chi connectivity index (χ2n) is 4.87. The third-order valence-corrected chi connectivity index (χ3v) is 3.45. The number of fused-ring (bicyclic) bond motifs is 1. The average molecular weight is 251 g/mol. The van der Waals surface area contributed by atoms with Crippen LogP contribution in [0, 0.1) is 6.92 Å². The van der Waals surface area contributed by atoms with Gasteiger partial charge in [-0.3, -0.25) is 0 Å². The predicted molar refractivity (Wildman–Crippen MR) is 79.0 cm³/mol. The van der Waals surface area contributed by atoms with Gasteiger partial charge in [0, 0.05) is 30.0 Å². The fraction of sp³-hybridized carbons (Fsp3) is 0.188. The third-order valence-electron chi connectivity index (χ3n) is 3.45. The molecule has 0 unspecified atom stereocenters. The van der Waals surface area contributed by atoms with Crippen molar-refractivity contribution in [2.75, 3.05) is 5.73 Å². The number of nitrogens with two attached hydrogens (primary N) is 1. The molecule has 3 heteroatoms. The Balaban J connectivity index is 1.84. The minimum atomic E-state index is 0.813. The minimum absolute atomic E-state index is 0.813. The summed E-state index contributed by atoms with van der Waals surface area (Å²) in [6, 6.07) is 12.2. The molecular weight excluding hydrogens is 234 g/mol. The van der Waals surface area contributed by atoms with Crippen molar-refractivity contribution in [2.45, 2.75) is 19.9 Å². The van der Waals surface area contributed by atoms with Crippen LogP contribution in [0.1, 0.15) is 11.1 Å². The van der Waals surface area contributed by atoms with E-state index in [9.17, 15) is 0 Å². The van der Waals surface area contributed by atoms with Gasteiger partial charge in [-0.2, -0.15) is 0 Å². The Labute approximate surface area is 112 Å². The number of nitrogen functional groups attached to an aromatic ring is 1. The Morgan fingerprint density at radius 3 is 2.74 bits per heavy atom. The van der Waals surface area contributed by atoms with E-state index in [1.165, 1.54) is 16.5 Å². The van der Waals surface area contributed by atoms with Crippen LogP contribution in [0.4, 0.5) is 5.69 Å². The molecule has 0 saturated heterocycles. The van der Waals surface area contributed by atoms with E-state index in [4.69, 9.17) is 5.73 Å². The molecule has 1 aromatic carbocycles. The normalized spacial score (nSPS) is 11.0. The first kappa shape index (κ1) is 11.8. The Kier molecular flexibility index (Phi) is 2.95. The number of nitrogens with zero attached hydrogens (tertiary/aromatic N) is 2. The van der Waals surface area contributed by atoms with E-state index in [2.05, 4.69) is 40.9 Å². The lowest BCUT2D eigenvalue weighted by molar-refractivity contribution is 0.715. The maximum absolute atomic E-state index is 5.70. The molecule has 2 aromatic heterocycles. The highest BCUT2D eigenvalue weighted by Crippen LogP contribution is 2.18. The number of rotatable bonds is 3. The Bertz CT molecular complexity index is 696. The smallest absolute Gasteiger partial charge is 0.140 e. The predicted octanol–water partition coefficient (Wildman–Crippen LogP) is 3.17. The number of hydrogen-bond donors (Lipinski definition) is 1. The van der Waals surface area contributed by atoms with Crippen LogP contribution in [0.3, 0.4) is 0 Å². The molecule has 96 valence electrons. The first-order chi connectivity index (χ1) is 9.24. The van der Waals surface area contributed by atoms with Crippen molar-refractivity contribution in [3.63, 3.8) is 0 Å². The molecule has 19 heavy (non-hydrogen) atoms. The van der Waals surface area contributed by atoms with Crippen molar-refractivity contribution in [3.05, 3.63) is 59.9 Å². The number of benzene rings is 1. The highest BCUT2D eigenvalue weighted by atomic mass is 15.0. The standard InChI is InChI=1S/C16H17N3/c1-12-11-19(16-15(12)3-2-9-18-16)10-8-13-4-6-14(17)7-5-13/h2-7,9,11H,8,10,17H2,1H3. The van der Waals surface area contributed by atoms with Crippen LogP contribution in [-0.4, -0.2) is 9.55 Å². The molecule has 0 atom stereocenters. The molecule has 0 aliphatic carbocycles. The maximum atomic E-state index is 5.70. The van der Waals surface area contributed by atoms with Crippen LogP contribution >= 0.6 is 0 Å². The van der Waals surface area contributed by atoms with Crippen molar-refractivity contribution in [1.82, 2.24) is 9.55 Å². The molecular formula is C16H17N3. The topological polar surface area (TPSA) is 43.8 Å². The van der Waals surface area contributed by atoms with Crippen LogP contribution in [0.2, 0.25) is 0 Å². The van der Waals surface area contributed by atoms with Gasteiger partial charge in [0.05, 0.1) is 0 Å². The molecule has 3 rings (SSSR count). The molecule has 0 radical (unpaired) electrons. The quantitative estimate of drug-likeness (QED) is 0.727. The number of aromatic nitrogens is 2. The molecule has 2 heterocycles. The van der Waals surface area contributed by atoms with Crippen molar-refractivity contribution in [1.29, 1.82) is 0 Å². The van der Waals surface area contributed by atoms with Crippen LogP contribution in [-0.2, 0) is 13.0 Å². The molecule has 3 nitrogen and oxygen atoms in total. The van der Waals surface area contributed by atoms with Gasteiger partial charge in [-0.05, 0) is 48.7 Å². The summed E-state index contributed by atoms with van der Waals surface area (Å²) in [4.78, 5) is 4.47. The zero-order chi connectivity index (χ0) is 13.2. The highest BCUT2D eigenvalue weighted by molar-refractivity contribution is 5.79. The van der Waals surface area contributed by atoms with E-state index in [0.29, 0.717) is 0 Å². The molecule has 2 N–H and O–H groups in total. The summed E-state index contributed by atoms with van der Waals surface area (Å²) >= 11 is 0. The first-order valence-electron chi connectivity index (χ1n) is 6.49. The van der Waals surface area contributed by atoms with Gasteiger partial charge in [-0.1, -0.05) is 12.1 Å². The van der Waals surface area contributed by atoms with Gasteiger partial charge in [0.2, 0.25) is 0 Å². The Morgan fingerprint density at radius 2 is 1.95 bits per heavy atom. The van der Waals surface area contributed by atoms with Gasteiger partial charge in [0.15, 0.2) is 0 Å². The molecule has 0 spiro atoms.